The first-order valence-corrected chi connectivity index (χ1v) is 6.18. The molecule has 0 amide bonds. The highest BCUT2D eigenvalue weighted by molar-refractivity contribution is 9.11. The molecule has 15 heavy (non-hydrogen) atoms. The molecule has 2 heterocycles. The van der Waals surface area contributed by atoms with Gasteiger partial charge in [-0.3, -0.25) is 0 Å². The van der Waals surface area contributed by atoms with Crippen LogP contribution in [0.1, 0.15) is 5.82 Å². The molecule has 2 N–H and O–H groups in total. The van der Waals surface area contributed by atoms with Crippen molar-refractivity contribution in [3.05, 3.63) is 34.0 Å². The number of nitrogens with two attached hydrogens (primary N) is 1. The largest absolute Gasteiger partial charge is 0.330 e. The zero-order valence-electron chi connectivity index (χ0n) is 7.98. The van der Waals surface area contributed by atoms with Crippen LogP contribution in [0.4, 0.5) is 0 Å². The maximum atomic E-state index is 5.47. The van der Waals surface area contributed by atoms with Gasteiger partial charge >= 0.3 is 0 Å². The standard InChI is InChI=1S/C10H10BrN3S/c11-9-2-1-8(15-9)7-4-6-13-10(14-7)3-5-12/h1-2,4,6H,3,5,12H2. The van der Waals surface area contributed by atoms with Crippen molar-refractivity contribution in [1.29, 1.82) is 0 Å². The van der Waals surface area contributed by atoms with Crippen molar-refractivity contribution in [2.75, 3.05) is 6.54 Å². The fraction of sp³-hybridized carbons (Fsp3) is 0.200. The van der Waals surface area contributed by atoms with Crippen molar-refractivity contribution in [3.8, 4) is 10.6 Å². The maximum Gasteiger partial charge on any atom is 0.130 e. The van der Waals surface area contributed by atoms with E-state index in [-0.39, 0.29) is 0 Å². The molecule has 0 radical (unpaired) electrons. The fourth-order valence-corrected chi connectivity index (χ4v) is 2.59. The lowest BCUT2D eigenvalue weighted by atomic mass is 10.3. The molecule has 0 aliphatic carbocycles. The Bertz CT molecular complexity index is 455. The van der Waals surface area contributed by atoms with Crippen LogP contribution < -0.4 is 5.73 Å². The van der Waals surface area contributed by atoms with Crippen molar-refractivity contribution >= 4 is 27.3 Å². The summed E-state index contributed by atoms with van der Waals surface area (Å²) < 4.78 is 1.11. The molecule has 0 fully saturated rings. The molecule has 0 bridgehead atoms. The Kier molecular flexibility index (Phi) is 3.45. The minimum atomic E-state index is 0.581. The van der Waals surface area contributed by atoms with Crippen LogP contribution in [0.2, 0.25) is 0 Å². The smallest absolute Gasteiger partial charge is 0.130 e. The quantitative estimate of drug-likeness (QED) is 0.942. The van der Waals surface area contributed by atoms with Crippen LogP contribution in [0, 0.1) is 0 Å². The van der Waals surface area contributed by atoms with Gasteiger partial charge in [-0.15, -0.1) is 11.3 Å². The van der Waals surface area contributed by atoms with Gasteiger partial charge in [0.2, 0.25) is 0 Å². The second-order valence-electron chi connectivity index (χ2n) is 3.00. The number of aromatic nitrogens is 2. The van der Waals surface area contributed by atoms with Crippen LogP contribution >= 0.6 is 27.3 Å². The zero-order valence-corrected chi connectivity index (χ0v) is 10.4. The highest BCUT2D eigenvalue weighted by atomic mass is 79.9. The fourth-order valence-electron chi connectivity index (χ4n) is 1.24. The molecule has 2 aromatic heterocycles. The van der Waals surface area contributed by atoms with Crippen molar-refractivity contribution in [1.82, 2.24) is 9.97 Å². The number of hydrogen-bond donors (Lipinski definition) is 1. The van der Waals surface area contributed by atoms with Gasteiger partial charge in [-0.1, -0.05) is 0 Å². The third kappa shape index (κ3) is 2.62. The molecule has 5 heteroatoms. The Morgan fingerprint density at radius 1 is 1.33 bits per heavy atom. The first-order chi connectivity index (χ1) is 7.29. The van der Waals surface area contributed by atoms with Crippen LogP contribution in [0.15, 0.2) is 28.2 Å². The van der Waals surface area contributed by atoms with E-state index in [1.54, 1.807) is 17.5 Å². The van der Waals surface area contributed by atoms with Gasteiger partial charge in [0.15, 0.2) is 0 Å². The Balaban J connectivity index is 2.32. The summed E-state index contributed by atoms with van der Waals surface area (Å²) in [5.41, 5.74) is 6.43. The van der Waals surface area contributed by atoms with Crippen molar-refractivity contribution in [2.24, 2.45) is 5.73 Å². The number of hydrogen-bond acceptors (Lipinski definition) is 4. The number of rotatable bonds is 3. The molecule has 2 aromatic rings. The normalized spacial score (nSPS) is 10.5. The van der Waals surface area contributed by atoms with E-state index in [9.17, 15) is 0 Å². The molecule has 78 valence electrons. The summed E-state index contributed by atoms with van der Waals surface area (Å²) in [6.45, 7) is 0.581. The molecule has 0 saturated carbocycles. The van der Waals surface area contributed by atoms with E-state index in [2.05, 4.69) is 25.9 Å². The molecule has 0 aliphatic heterocycles. The molecule has 0 atom stereocenters. The van der Waals surface area contributed by atoms with E-state index < -0.39 is 0 Å². The number of nitrogens with zero attached hydrogens (tertiary/aromatic N) is 2. The van der Waals surface area contributed by atoms with Gasteiger partial charge in [0.25, 0.3) is 0 Å². The van der Waals surface area contributed by atoms with Gasteiger partial charge in [-0.25, -0.2) is 9.97 Å². The first-order valence-electron chi connectivity index (χ1n) is 4.57. The van der Waals surface area contributed by atoms with Crippen molar-refractivity contribution in [3.63, 3.8) is 0 Å². The summed E-state index contributed by atoms with van der Waals surface area (Å²) in [7, 11) is 0. The van der Waals surface area contributed by atoms with Crippen LogP contribution in [0.3, 0.4) is 0 Å². The van der Waals surface area contributed by atoms with E-state index in [0.29, 0.717) is 6.54 Å². The second-order valence-corrected chi connectivity index (χ2v) is 5.46. The van der Waals surface area contributed by atoms with Crippen LogP contribution in [0.25, 0.3) is 10.6 Å². The minimum absolute atomic E-state index is 0.581. The predicted molar refractivity (Wildman–Crippen MR) is 65.8 cm³/mol. The molecule has 0 spiro atoms. The third-order valence-electron chi connectivity index (χ3n) is 1.90. The van der Waals surface area contributed by atoms with E-state index >= 15 is 0 Å². The molecule has 0 aliphatic rings. The van der Waals surface area contributed by atoms with Crippen LogP contribution in [0.5, 0.6) is 0 Å². The van der Waals surface area contributed by atoms with Gasteiger partial charge in [0.1, 0.15) is 5.82 Å². The molecule has 3 nitrogen and oxygen atoms in total. The van der Waals surface area contributed by atoms with Gasteiger partial charge in [0.05, 0.1) is 14.4 Å². The summed E-state index contributed by atoms with van der Waals surface area (Å²) in [5, 5.41) is 0. The number of halogens is 1. The summed E-state index contributed by atoms with van der Waals surface area (Å²) in [6.07, 6.45) is 2.50. The molecular formula is C10H10BrN3S. The van der Waals surface area contributed by atoms with E-state index in [1.165, 1.54) is 0 Å². The molecule has 0 unspecified atom stereocenters. The predicted octanol–water partition coefficient (Wildman–Crippen LogP) is 2.47. The molecule has 2 rings (SSSR count). The summed E-state index contributed by atoms with van der Waals surface area (Å²) in [6, 6.07) is 5.98. The van der Waals surface area contributed by atoms with Gasteiger partial charge < -0.3 is 5.73 Å². The maximum absolute atomic E-state index is 5.47. The van der Waals surface area contributed by atoms with Crippen LogP contribution in [-0.2, 0) is 6.42 Å². The van der Waals surface area contributed by atoms with Gasteiger partial charge in [-0.2, -0.15) is 0 Å². The zero-order chi connectivity index (χ0) is 10.7. The number of thiophene rings is 1. The Hall–Kier alpha value is -0.780. The third-order valence-corrected chi connectivity index (χ3v) is 3.55. The first kappa shape index (κ1) is 10.7. The lowest BCUT2D eigenvalue weighted by Gasteiger charge is -1.99. The SMILES string of the molecule is NCCc1nccc(-c2ccc(Br)s2)n1. The summed E-state index contributed by atoms with van der Waals surface area (Å²) in [5.74, 6) is 0.805. The van der Waals surface area contributed by atoms with E-state index in [4.69, 9.17) is 5.73 Å². The molecule has 0 saturated heterocycles. The summed E-state index contributed by atoms with van der Waals surface area (Å²) in [4.78, 5) is 9.75. The van der Waals surface area contributed by atoms with Crippen LogP contribution in [-0.4, -0.2) is 16.5 Å². The lowest BCUT2D eigenvalue weighted by Crippen LogP contribution is -2.06. The lowest BCUT2D eigenvalue weighted by molar-refractivity contribution is 0.870. The Morgan fingerprint density at radius 3 is 2.87 bits per heavy atom. The minimum Gasteiger partial charge on any atom is -0.330 e. The average Bonchev–Trinajstić information content (AvgIpc) is 2.66. The second kappa shape index (κ2) is 4.83. The highest BCUT2D eigenvalue weighted by Gasteiger charge is 2.04. The average molecular weight is 284 g/mol. The molecule has 0 aromatic carbocycles. The highest BCUT2D eigenvalue weighted by Crippen LogP contribution is 2.29. The van der Waals surface area contributed by atoms with Crippen molar-refractivity contribution in [2.45, 2.75) is 6.42 Å². The van der Waals surface area contributed by atoms with Gasteiger partial charge in [0, 0.05) is 12.6 Å². The van der Waals surface area contributed by atoms with E-state index in [0.717, 1.165) is 26.6 Å². The molecular weight excluding hydrogens is 274 g/mol. The van der Waals surface area contributed by atoms with Crippen molar-refractivity contribution < 1.29 is 0 Å². The topological polar surface area (TPSA) is 51.8 Å². The summed E-state index contributed by atoms with van der Waals surface area (Å²) >= 11 is 5.10. The van der Waals surface area contributed by atoms with Gasteiger partial charge in [-0.05, 0) is 40.7 Å². The Morgan fingerprint density at radius 2 is 2.20 bits per heavy atom. The monoisotopic (exact) mass is 283 g/mol. The van der Waals surface area contributed by atoms with E-state index in [1.807, 2.05) is 18.2 Å². The Labute approximate surface area is 101 Å².